The monoisotopic (exact) mass is 367 g/mol. The first kappa shape index (κ1) is 16.8. The summed E-state index contributed by atoms with van der Waals surface area (Å²) in [7, 11) is 1.90. The number of amides is 1. The molecule has 0 radical (unpaired) electrons. The highest BCUT2D eigenvalue weighted by molar-refractivity contribution is 7.20. The predicted molar refractivity (Wildman–Crippen MR) is 104 cm³/mol. The van der Waals surface area contributed by atoms with Crippen LogP contribution in [0.4, 0.5) is 0 Å². The Kier molecular flexibility index (Phi) is 4.03. The first-order valence-electron chi connectivity index (χ1n) is 8.62. The molecule has 4 aromatic rings. The standard InChI is InChI=1S/C19H21N5OS/c1-10(2)16(17-20-13-7-5-6-8-14(13)21-17)22-18(25)15-9-12-11(3)23-24(4)19(12)26-15/h5-10,16H,1-4H3,(H,20,21)(H,22,25). The van der Waals surface area contributed by atoms with Gasteiger partial charge < -0.3 is 10.3 Å². The fourth-order valence-corrected chi connectivity index (χ4v) is 4.23. The second-order valence-electron chi connectivity index (χ2n) is 6.87. The van der Waals surface area contributed by atoms with Crippen LogP contribution in [-0.2, 0) is 7.05 Å². The molecule has 134 valence electrons. The van der Waals surface area contributed by atoms with Crippen molar-refractivity contribution in [3.63, 3.8) is 0 Å². The second kappa shape index (κ2) is 6.25. The lowest BCUT2D eigenvalue weighted by molar-refractivity contribution is 0.0927. The molecular formula is C19H21N5OS. The molecule has 3 heterocycles. The van der Waals surface area contributed by atoms with Crippen molar-refractivity contribution in [2.24, 2.45) is 13.0 Å². The number of thiophene rings is 1. The quantitative estimate of drug-likeness (QED) is 0.573. The molecule has 7 heteroatoms. The molecular weight excluding hydrogens is 346 g/mol. The van der Waals surface area contributed by atoms with E-state index >= 15 is 0 Å². The lowest BCUT2D eigenvalue weighted by Gasteiger charge is -2.19. The minimum absolute atomic E-state index is 0.0789. The number of hydrogen-bond acceptors (Lipinski definition) is 4. The van der Waals surface area contributed by atoms with Crippen molar-refractivity contribution in [3.8, 4) is 0 Å². The van der Waals surface area contributed by atoms with Crippen LogP contribution in [0.25, 0.3) is 21.3 Å². The van der Waals surface area contributed by atoms with Crippen LogP contribution in [0.15, 0.2) is 30.3 Å². The van der Waals surface area contributed by atoms with Crippen LogP contribution in [0.1, 0.15) is 41.1 Å². The van der Waals surface area contributed by atoms with E-state index in [-0.39, 0.29) is 17.9 Å². The number of nitrogens with one attached hydrogen (secondary N) is 2. The minimum Gasteiger partial charge on any atom is -0.341 e. The van der Waals surface area contributed by atoms with Crippen LogP contribution in [0.5, 0.6) is 0 Å². The maximum Gasteiger partial charge on any atom is 0.262 e. The summed E-state index contributed by atoms with van der Waals surface area (Å²) in [4.78, 5) is 22.6. The number of para-hydroxylation sites is 2. The molecule has 1 amide bonds. The van der Waals surface area contributed by atoms with Crippen molar-refractivity contribution in [2.75, 3.05) is 0 Å². The van der Waals surface area contributed by atoms with Crippen molar-refractivity contribution in [1.82, 2.24) is 25.1 Å². The fourth-order valence-electron chi connectivity index (χ4n) is 3.20. The molecule has 4 rings (SSSR count). The normalized spacial score (nSPS) is 13.0. The summed E-state index contributed by atoms with van der Waals surface area (Å²) < 4.78 is 1.82. The van der Waals surface area contributed by atoms with Crippen LogP contribution < -0.4 is 5.32 Å². The highest BCUT2D eigenvalue weighted by Crippen LogP contribution is 2.29. The summed E-state index contributed by atoms with van der Waals surface area (Å²) in [6.45, 7) is 6.12. The third-order valence-electron chi connectivity index (χ3n) is 4.58. The molecule has 0 aliphatic heterocycles. The Labute approximate surface area is 155 Å². The van der Waals surface area contributed by atoms with Gasteiger partial charge in [-0.05, 0) is 31.0 Å². The Morgan fingerprint density at radius 1 is 1.31 bits per heavy atom. The average Bonchev–Trinajstić information content (AvgIpc) is 3.28. The molecule has 6 nitrogen and oxygen atoms in total. The number of carbonyl (C=O) groups excluding carboxylic acids is 1. The number of hydrogen-bond donors (Lipinski definition) is 2. The maximum absolute atomic E-state index is 12.9. The van der Waals surface area contributed by atoms with Gasteiger partial charge in [0.1, 0.15) is 10.7 Å². The molecule has 0 saturated carbocycles. The summed E-state index contributed by atoms with van der Waals surface area (Å²) in [5.41, 5.74) is 2.83. The summed E-state index contributed by atoms with van der Waals surface area (Å²) in [5.74, 6) is 0.913. The predicted octanol–water partition coefficient (Wildman–Crippen LogP) is 3.95. The van der Waals surface area contributed by atoms with Gasteiger partial charge >= 0.3 is 0 Å². The van der Waals surface area contributed by atoms with Crippen molar-refractivity contribution in [2.45, 2.75) is 26.8 Å². The summed E-state index contributed by atoms with van der Waals surface area (Å²) in [6, 6.07) is 9.64. The number of benzene rings is 1. The molecule has 0 aliphatic rings. The molecule has 26 heavy (non-hydrogen) atoms. The molecule has 3 aromatic heterocycles. The van der Waals surface area contributed by atoms with Crippen LogP contribution in [0, 0.1) is 12.8 Å². The fraction of sp³-hybridized carbons (Fsp3) is 0.316. The van der Waals surface area contributed by atoms with Gasteiger partial charge in [0.05, 0.1) is 27.6 Å². The van der Waals surface area contributed by atoms with Gasteiger partial charge in [0.2, 0.25) is 0 Å². The van der Waals surface area contributed by atoms with Crippen LogP contribution >= 0.6 is 11.3 Å². The van der Waals surface area contributed by atoms with Crippen LogP contribution in [0.2, 0.25) is 0 Å². The number of imidazole rings is 1. The summed E-state index contributed by atoms with van der Waals surface area (Å²) >= 11 is 1.46. The third kappa shape index (κ3) is 2.78. The number of aromatic amines is 1. The highest BCUT2D eigenvalue weighted by Gasteiger charge is 2.24. The van der Waals surface area contributed by atoms with E-state index in [1.807, 2.05) is 49.0 Å². The molecule has 2 N–H and O–H groups in total. The molecule has 1 atom stereocenters. The molecule has 0 bridgehead atoms. The van der Waals surface area contributed by atoms with Gasteiger partial charge in [0, 0.05) is 12.4 Å². The van der Waals surface area contributed by atoms with Crippen LogP contribution in [0.3, 0.4) is 0 Å². The van der Waals surface area contributed by atoms with E-state index in [1.165, 1.54) is 11.3 Å². The molecule has 0 fully saturated rings. The maximum atomic E-state index is 12.9. The topological polar surface area (TPSA) is 75.6 Å². The Bertz CT molecular complexity index is 1040. The number of fused-ring (bicyclic) bond motifs is 2. The molecule has 0 aliphatic carbocycles. The Morgan fingerprint density at radius 3 is 2.77 bits per heavy atom. The highest BCUT2D eigenvalue weighted by atomic mass is 32.1. The van der Waals surface area contributed by atoms with Gasteiger partial charge in [0.25, 0.3) is 5.91 Å². The van der Waals surface area contributed by atoms with Gasteiger partial charge in [-0.2, -0.15) is 5.10 Å². The van der Waals surface area contributed by atoms with Gasteiger partial charge in [-0.25, -0.2) is 4.98 Å². The van der Waals surface area contributed by atoms with Crippen LogP contribution in [-0.4, -0.2) is 25.7 Å². The van der Waals surface area contributed by atoms with Crippen molar-refractivity contribution < 1.29 is 4.79 Å². The van der Waals surface area contributed by atoms with E-state index in [1.54, 1.807) is 0 Å². The zero-order valence-corrected chi connectivity index (χ0v) is 16.0. The van der Waals surface area contributed by atoms with E-state index in [9.17, 15) is 4.79 Å². The van der Waals surface area contributed by atoms with Crippen molar-refractivity contribution >= 4 is 38.5 Å². The van der Waals surface area contributed by atoms with E-state index in [2.05, 4.69) is 34.2 Å². The van der Waals surface area contributed by atoms with E-state index in [0.717, 1.165) is 32.8 Å². The largest absolute Gasteiger partial charge is 0.341 e. The minimum atomic E-state index is -0.181. The number of carbonyl (C=O) groups is 1. The van der Waals surface area contributed by atoms with Gasteiger partial charge in [0.15, 0.2) is 0 Å². The van der Waals surface area contributed by atoms with Gasteiger partial charge in [-0.3, -0.25) is 9.48 Å². The molecule has 0 spiro atoms. The lowest BCUT2D eigenvalue weighted by Crippen LogP contribution is -2.32. The Morgan fingerprint density at radius 2 is 2.08 bits per heavy atom. The second-order valence-corrected chi connectivity index (χ2v) is 7.90. The number of aromatic nitrogens is 4. The SMILES string of the molecule is Cc1nn(C)c2sc(C(=O)NC(c3nc4ccccc4[nH]3)C(C)C)cc12. The zero-order chi connectivity index (χ0) is 18.4. The number of rotatable bonds is 4. The van der Waals surface area contributed by atoms with Gasteiger partial charge in [-0.1, -0.05) is 26.0 Å². The Hall–Kier alpha value is -2.67. The smallest absolute Gasteiger partial charge is 0.262 e. The summed E-state index contributed by atoms with van der Waals surface area (Å²) in [6.07, 6.45) is 0. The van der Waals surface area contributed by atoms with Crippen molar-refractivity contribution in [3.05, 3.63) is 46.7 Å². The number of aryl methyl sites for hydroxylation is 2. The number of nitrogens with zero attached hydrogens (tertiary/aromatic N) is 3. The van der Waals surface area contributed by atoms with E-state index in [4.69, 9.17) is 0 Å². The number of H-pyrrole nitrogens is 1. The van der Waals surface area contributed by atoms with Gasteiger partial charge in [-0.15, -0.1) is 11.3 Å². The van der Waals surface area contributed by atoms with E-state index < -0.39 is 0 Å². The van der Waals surface area contributed by atoms with Crippen molar-refractivity contribution in [1.29, 1.82) is 0 Å². The summed E-state index contributed by atoms with van der Waals surface area (Å²) in [5, 5.41) is 8.57. The first-order chi connectivity index (χ1) is 12.4. The Balaban J connectivity index is 1.64. The first-order valence-corrected chi connectivity index (χ1v) is 9.44. The molecule has 1 unspecified atom stereocenters. The third-order valence-corrected chi connectivity index (χ3v) is 5.78. The molecule has 1 aromatic carbocycles. The average molecular weight is 367 g/mol. The zero-order valence-electron chi connectivity index (χ0n) is 15.2. The van der Waals surface area contributed by atoms with E-state index in [0.29, 0.717) is 4.88 Å². The lowest BCUT2D eigenvalue weighted by atomic mass is 10.0. The molecule has 0 saturated heterocycles.